The first kappa shape index (κ1) is 14.8. The molecule has 0 aromatic rings. The molecule has 3 fully saturated rings. The Morgan fingerprint density at radius 3 is 2.55 bits per heavy atom. The van der Waals surface area contributed by atoms with Gasteiger partial charge in [0.15, 0.2) is 0 Å². The lowest BCUT2D eigenvalue weighted by Crippen LogP contribution is -2.69. The van der Waals surface area contributed by atoms with Gasteiger partial charge in [0.2, 0.25) is 0 Å². The van der Waals surface area contributed by atoms with Crippen LogP contribution in [0, 0.1) is 5.92 Å². The molecule has 3 rings (SSSR count). The summed E-state index contributed by atoms with van der Waals surface area (Å²) in [6, 6.07) is 0. The van der Waals surface area contributed by atoms with E-state index in [4.69, 9.17) is 4.74 Å². The Morgan fingerprint density at radius 2 is 1.95 bits per heavy atom. The summed E-state index contributed by atoms with van der Waals surface area (Å²) in [6.45, 7) is 11.1. The van der Waals surface area contributed by atoms with Crippen LogP contribution >= 0.6 is 0 Å². The Labute approximate surface area is 124 Å². The molecule has 1 unspecified atom stereocenters. The quantitative estimate of drug-likeness (QED) is 0.838. The summed E-state index contributed by atoms with van der Waals surface area (Å²) in [5, 5.41) is 3.94. The van der Waals surface area contributed by atoms with Crippen LogP contribution in [-0.4, -0.2) is 48.3 Å². The molecular weight excluding hydrogens is 248 g/mol. The predicted molar refractivity (Wildman–Crippen MR) is 83.0 cm³/mol. The van der Waals surface area contributed by atoms with Crippen molar-refractivity contribution in [3.05, 3.63) is 0 Å². The first-order valence-electron chi connectivity index (χ1n) is 8.66. The van der Waals surface area contributed by atoms with Crippen molar-refractivity contribution >= 4 is 0 Å². The van der Waals surface area contributed by atoms with Crippen LogP contribution in [0.25, 0.3) is 0 Å². The summed E-state index contributed by atoms with van der Waals surface area (Å²) >= 11 is 0. The molecule has 2 aliphatic carbocycles. The highest BCUT2D eigenvalue weighted by molar-refractivity contribution is 5.10. The first-order chi connectivity index (χ1) is 9.54. The highest BCUT2D eigenvalue weighted by Gasteiger charge is 2.51. The lowest BCUT2D eigenvalue weighted by atomic mass is 9.84. The highest BCUT2D eigenvalue weighted by atomic mass is 16.5. The zero-order valence-corrected chi connectivity index (χ0v) is 13.6. The normalized spacial score (nSPS) is 34.2. The minimum absolute atomic E-state index is 0.353. The molecule has 0 aromatic carbocycles. The third-order valence-corrected chi connectivity index (χ3v) is 5.84. The summed E-state index contributed by atoms with van der Waals surface area (Å²) in [6.07, 6.45) is 8.77. The Bertz CT molecular complexity index is 334. The van der Waals surface area contributed by atoms with Crippen LogP contribution in [0.2, 0.25) is 0 Å². The number of ether oxygens (including phenoxy) is 1. The van der Waals surface area contributed by atoms with E-state index in [-0.39, 0.29) is 0 Å². The molecule has 1 heterocycles. The molecule has 0 amide bonds. The van der Waals surface area contributed by atoms with Gasteiger partial charge in [0, 0.05) is 30.7 Å². The van der Waals surface area contributed by atoms with Gasteiger partial charge < -0.3 is 10.1 Å². The summed E-state index contributed by atoms with van der Waals surface area (Å²) in [5.41, 5.74) is 0.792. The van der Waals surface area contributed by atoms with E-state index in [0.717, 1.165) is 19.1 Å². The average molecular weight is 280 g/mol. The molecule has 2 saturated carbocycles. The smallest absolute Gasteiger partial charge is 0.0597 e. The van der Waals surface area contributed by atoms with Crippen molar-refractivity contribution in [2.45, 2.75) is 76.5 Å². The van der Waals surface area contributed by atoms with Gasteiger partial charge >= 0.3 is 0 Å². The van der Waals surface area contributed by atoms with E-state index in [0.29, 0.717) is 17.2 Å². The maximum Gasteiger partial charge on any atom is 0.0597 e. The first-order valence-corrected chi connectivity index (χ1v) is 8.66. The number of piperazine rings is 1. The summed E-state index contributed by atoms with van der Waals surface area (Å²) in [5.74, 6) is 0.912. The molecule has 0 radical (unpaired) electrons. The molecular formula is C17H32N2O. The second-order valence-electron chi connectivity index (χ2n) is 7.82. The van der Waals surface area contributed by atoms with Crippen LogP contribution in [0.4, 0.5) is 0 Å². The van der Waals surface area contributed by atoms with Crippen LogP contribution in [-0.2, 0) is 4.74 Å². The van der Waals surface area contributed by atoms with Crippen LogP contribution in [0.15, 0.2) is 0 Å². The Kier molecular flexibility index (Phi) is 4.13. The molecule has 0 bridgehead atoms. The second-order valence-corrected chi connectivity index (χ2v) is 7.82. The molecule has 1 atom stereocenters. The molecule has 1 aliphatic heterocycles. The number of nitrogens with zero attached hydrogens (tertiary/aromatic N) is 1. The average Bonchev–Trinajstić information content (AvgIpc) is 3.16. The summed E-state index contributed by atoms with van der Waals surface area (Å²) in [7, 11) is 0. The van der Waals surface area contributed by atoms with Gasteiger partial charge in [-0.1, -0.05) is 12.8 Å². The molecule has 3 nitrogen and oxygen atoms in total. The molecule has 0 aromatic heterocycles. The standard InChI is InChI=1S/C17H32N2O/c1-14(2)20-11-10-19-13-16(3,15-6-7-15)18-12-17(19)8-4-5-9-17/h14-15,18H,4-13H2,1-3H3. The van der Waals surface area contributed by atoms with Crippen molar-refractivity contribution in [2.75, 3.05) is 26.2 Å². The van der Waals surface area contributed by atoms with E-state index in [1.54, 1.807) is 0 Å². The molecule has 3 heteroatoms. The van der Waals surface area contributed by atoms with E-state index in [1.807, 2.05) is 0 Å². The Balaban J connectivity index is 1.65. The SMILES string of the molecule is CC(C)OCCN1CC(C)(C2CC2)NCC12CCCC2. The van der Waals surface area contributed by atoms with Crippen molar-refractivity contribution < 1.29 is 4.74 Å². The van der Waals surface area contributed by atoms with Gasteiger partial charge in [-0.05, 0) is 52.4 Å². The van der Waals surface area contributed by atoms with Gasteiger partial charge in [-0.25, -0.2) is 0 Å². The van der Waals surface area contributed by atoms with Gasteiger partial charge in [-0.15, -0.1) is 0 Å². The molecule has 1 N–H and O–H groups in total. The maximum absolute atomic E-state index is 5.83. The monoisotopic (exact) mass is 280 g/mol. The second kappa shape index (κ2) is 5.58. The van der Waals surface area contributed by atoms with Gasteiger partial charge in [-0.3, -0.25) is 4.90 Å². The van der Waals surface area contributed by atoms with Crippen LogP contribution in [0.1, 0.15) is 59.3 Å². The minimum Gasteiger partial charge on any atom is -0.377 e. The van der Waals surface area contributed by atoms with Gasteiger partial charge in [0.05, 0.1) is 12.7 Å². The third-order valence-electron chi connectivity index (χ3n) is 5.84. The molecule has 1 saturated heterocycles. The largest absolute Gasteiger partial charge is 0.377 e. The van der Waals surface area contributed by atoms with Crippen molar-refractivity contribution in [1.29, 1.82) is 0 Å². The predicted octanol–water partition coefficient (Wildman–Crippen LogP) is 2.80. The lowest BCUT2D eigenvalue weighted by Gasteiger charge is -2.53. The van der Waals surface area contributed by atoms with Crippen molar-refractivity contribution in [2.24, 2.45) is 5.92 Å². The van der Waals surface area contributed by atoms with Crippen LogP contribution < -0.4 is 5.32 Å². The van der Waals surface area contributed by atoms with Crippen molar-refractivity contribution in [3.63, 3.8) is 0 Å². The van der Waals surface area contributed by atoms with Crippen LogP contribution in [0.3, 0.4) is 0 Å². The summed E-state index contributed by atoms with van der Waals surface area (Å²) < 4.78 is 5.83. The van der Waals surface area contributed by atoms with Gasteiger partial charge in [0.25, 0.3) is 0 Å². The number of nitrogens with one attached hydrogen (secondary N) is 1. The maximum atomic E-state index is 5.83. The fourth-order valence-electron chi connectivity index (χ4n) is 4.33. The number of hydrogen-bond donors (Lipinski definition) is 1. The van der Waals surface area contributed by atoms with E-state index >= 15 is 0 Å². The van der Waals surface area contributed by atoms with Gasteiger partial charge in [0.1, 0.15) is 0 Å². The molecule has 116 valence electrons. The van der Waals surface area contributed by atoms with E-state index < -0.39 is 0 Å². The molecule has 1 spiro atoms. The zero-order chi connectivity index (χ0) is 14.2. The fraction of sp³-hybridized carbons (Fsp3) is 1.00. The molecule has 20 heavy (non-hydrogen) atoms. The number of hydrogen-bond acceptors (Lipinski definition) is 3. The van der Waals surface area contributed by atoms with Crippen molar-refractivity contribution in [3.8, 4) is 0 Å². The number of rotatable bonds is 5. The van der Waals surface area contributed by atoms with Crippen molar-refractivity contribution in [1.82, 2.24) is 10.2 Å². The third kappa shape index (κ3) is 2.90. The minimum atomic E-state index is 0.353. The summed E-state index contributed by atoms with van der Waals surface area (Å²) in [4.78, 5) is 2.79. The fourth-order valence-corrected chi connectivity index (χ4v) is 4.33. The topological polar surface area (TPSA) is 24.5 Å². The lowest BCUT2D eigenvalue weighted by molar-refractivity contribution is -0.0233. The molecule has 3 aliphatic rings. The van der Waals surface area contributed by atoms with E-state index in [1.165, 1.54) is 51.6 Å². The van der Waals surface area contributed by atoms with Gasteiger partial charge in [-0.2, -0.15) is 0 Å². The Morgan fingerprint density at radius 1 is 1.25 bits per heavy atom. The highest BCUT2D eigenvalue weighted by Crippen LogP contribution is 2.45. The van der Waals surface area contributed by atoms with E-state index in [9.17, 15) is 0 Å². The zero-order valence-electron chi connectivity index (χ0n) is 13.6. The Hall–Kier alpha value is -0.120. The van der Waals surface area contributed by atoms with Crippen LogP contribution in [0.5, 0.6) is 0 Å². The van der Waals surface area contributed by atoms with E-state index in [2.05, 4.69) is 31.0 Å².